The van der Waals surface area contributed by atoms with E-state index in [9.17, 15) is 10.1 Å². The van der Waals surface area contributed by atoms with E-state index in [1.54, 1.807) is 6.07 Å². The van der Waals surface area contributed by atoms with Gasteiger partial charge in [-0.05, 0) is 24.5 Å². The number of halogens is 1. The summed E-state index contributed by atoms with van der Waals surface area (Å²) in [6.07, 6.45) is 3.02. The zero-order chi connectivity index (χ0) is 15.1. The van der Waals surface area contributed by atoms with Crippen molar-refractivity contribution in [2.45, 2.75) is 18.9 Å². The fraction of sp³-hybridized carbons (Fsp3) is 0.267. The minimum absolute atomic E-state index is 0.0211. The fourth-order valence-corrected chi connectivity index (χ4v) is 2.19. The van der Waals surface area contributed by atoms with Gasteiger partial charge in [-0.2, -0.15) is 0 Å². The van der Waals surface area contributed by atoms with E-state index in [-0.39, 0.29) is 11.7 Å². The summed E-state index contributed by atoms with van der Waals surface area (Å²) in [5.74, 6) is 1.05. The van der Waals surface area contributed by atoms with Crippen LogP contribution in [0.2, 0.25) is 0 Å². The van der Waals surface area contributed by atoms with Crippen molar-refractivity contribution in [1.29, 1.82) is 0 Å². The average Bonchev–Trinajstić information content (AvgIpc) is 2.53. The van der Waals surface area contributed by atoms with Gasteiger partial charge in [-0.15, -0.1) is 11.6 Å². The molecule has 1 atom stereocenters. The van der Waals surface area contributed by atoms with E-state index in [1.807, 2.05) is 18.2 Å². The number of hydrogen-bond donors (Lipinski definition) is 1. The number of alkyl halides is 1. The van der Waals surface area contributed by atoms with Crippen LogP contribution in [-0.4, -0.2) is 21.8 Å². The molecule has 0 saturated heterocycles. The van der Waals surface area contributed by atoms with E-state index < -0.39 is 4.92 Å². The van der Waals surface area contributed by atoms with E-state index in [1.165, 1.54) is 17.8 Å². The second-order valence-corrected chi connectivity index (χ2v) is 4.99. The molecule has 0 radical (unpaired) electrons. The molecule has 2 rings (SSSR count). The molecule has 1 N–H and O–H groups in total. The molecule has 1 unspecified atom stereocenters. The molecular formula is C15H16ClN3O2. The zero-order valence-corrected chi connectivity index (χ0v) is 12.2. The van der Waals surface area contributed by atoms with Crippen molar-refractivity contribution in [2.75, 3.05) is 11.2 Å². The van der Waals surface area contributed by atoms with Gasteiger partial charge in [0.25, 0.3) is 5.69 Å². The first-order valence-electron chi connectivity index (χ1n) is 6.66. The lowest BCUT2D eigenvalue weighted by molar-refractivity contribution is -0.385. The lowest BCUT2D eigenvalue weighted by atomic mass is 10.1. The SMILES string of the molecule is O=[N+]([O-])c1ccc(NC(CCl)CCc2ccccc2)nc1. The van der Waals surface area contributed by atoms with Gasteiger partial charge in [-0.3, -0.25) is 10.1 Å². The fourth-order valence-electron chi connectivity index (χ4n) is 1.96. The third-order valence-corrected chi connectivity index (χ3v) is 3.49. The summed E-state index contributed by atoms with van der Waals surface area (Å²) in [5.41, 5.74) is 1.23. The molecule has 0 amide bonds. The van der Waals surface area contributed by atoms with Crippen LogP contribution in [0.4, 0.5) is 11.5 Å². The Kier molecular flexibility index (Phi) is 5.51. The molecule has 0 aliphatic carbocycles. The highest BCUT2D eigenvalue weighted by molar-refractivity contribution is 6.18. The highest BCUT2D eigenvalue weighted by Crippen LogP contribution is 2.15. The summed E-state index contributed by atoms with van der Waals surface area (Å²) in [5, 5.41) is 13.8. The van der Waals surface area contributed by atoms with Gasteiger partial charge in [0.15, 0.2) is 0 Å². The van der Waals surface area contributed by atoms with Crippen LogP contribution < -0.4 is 5.32 Å². The molecule has 0 bridgehead atoms. The van der Waals surface area contributed by atoms with Crippen LogP contribution in [0.15, 0.2) is 48.7 Å². The topological polar surface area (TPSA) is 68.1 Å². The van der Waals surface area contributed by atoms with E-state index in [0.29, 0.717) is 11.7 Å². The van der Waals surface area contributed by atoms with E-state index in [0.717, 1.165) is 12.8 Å². The maximum absolute atomic E-state index is 10.6. The first kappa shape index (κ1) is 15.3. The van der Waals surface area contributed by atoms with Gasteiger partial charge >= 0.3 is 0 Å². The minimum atomic E-state index is -0.467. The lowest BCUT2D eigenvalue weighted by Crippen LogP contribution is -2.22. The van der Waals surface area contributed by atoms with E-state index >= 15 is 0 Å². The molecule has 0 saturated carbocycles. The van der Waals surface area contributed by atoms with Crippen molar-refractivity contribution < 1.29 is 4.92 Å². The molecule has 1 heterocycles. The predicted octanol–water partition coefficient (Wildman–Crippen LogP) is 3.64. The highest BCUT2D eigenvalue weighted by Gasteiger charge is 2.10. The summed E-state index contributed by atoms with van der Waals surface area (Å²) < 4.78 is 0. The van der Waals surface area contributed by atoms with E-state index in [4.69, 9.17) is 11.6 Å². The molecule has 0 aliphatic heterocycles. The molecular weight excluding hydrogens is 290 g/mol. The van der Waals surface area contributed by atoms with Gasteiger partial charge in [0.05, 0.1) is 4.92 Å². The highest BCUT2D eigenvalue weighted by atomic mass is 35.5. The number of pyridine rings is 1. The summed E-state index contributed by atoms with van der Waals surface area (Å²) >= 11 is 5.97. The van der Waals surface area contributed by atoms with Crippen molar-refractivity contribution in [3.8, 4) is 0 Å². The lowest BCUT2D eigenvalue weighted by Gasteiger charge is -2.16. The monoisotopic (exact) mass is 305 g/mol. The number of benzene rings is 1. The molecule has 6 heteroatoms. The first-order valence-corrected chi connectivity index (χ1v) is 7.19. The van der Waals surface area contributed by atoms with Gasteiger partial charge < -0.3 is 5.32 Å². The van der Waals surface area contributed by atoms with Crippen LogP contribution >= 0.6 is 11.6 Å². The Bertz CT molecular complexity index is 575. The molecule has 1 aromatic carbocycles. The van der Waals surface area contributed by atoms with Crippen molar-refractivity contribution >= 4 is 23.1 Å². The van der Waals surface area contributed by atoms with Crippen molar-refractivity contribution in [3.05, 3.63) is 64.3 Å². The van der Waals surface area contributed by atoms with Gasteiger partial charge in [-0.25, -0.2) is 4.98 Å². The summed E-state index contributed by atoms with van der Waals surface area (Å²) in [4.78, 5) is 14.1. The minimum Gasteiger partial charge on any atom is -0.366 e. The van der Waals surface area contributed by atoms with Crippen LogP contribution in [0, 0.1) is 10.1 Å². The third kappa shape index (κ3) is 4.72. The van der Waals surface area contributed by atoms with Gasteiger partial charge in [0.2, 0.25) is 0 Å². The number of aromatic nitrogens is 1. The van der Waals surface area contributed by atoms with E-state index in [2.05, 4.69) is 22.4 Å². The van der Waals surface area contributed by atoms with Crippen LogP contribution in [0.25, 0.3) is 0 Å². The molecule has 110 valence electrons. The maximum atomic E-state index is 10.6. The smallest absolute Gasteiger partial charge is 0.287 e. The molecule has 1 aromatic heterocycles. The second-order valence-electron chi connectivity index (χ2n) is 4.68. The summed E-state index contributed by atoms with van der Waals surface area (Å²) in [7, 11) is 0. The number of hydrogen-bond acceptors (Lipinski definition) is 4. The summed E-state index contributed by atoms with van der Waals surface area (Å²) in [6, 6.07) is 13.3. The standard InChI is InChI=1S/C15H16ClN3O2/c16-10-13(7-6-12-4-2-1-3-5-12)18-15-9-8-14(11-17-15)19(20)21/h1-5,8-9,11,13H,6-7,10H2,(H,17,18). The molecule has 2 aromatic rings. The van der Waals surface area contributed by atoms with Gasteiger partial charge in [0, 0.05) is 18.0 Å². The quantitative estimate of drug-likeness (QED) is 0.482. The normalized spacial score (nSPS) is 11.9. The van der Waals surface area contributed by atoms with Crippen molar-refractivity contribution in [3.63, 3.8) is 0 Å². The molecule has 21 heavy (non-hydrogen) atoms. The Morgan fingerprint density at radius 2 is 2.00 bits per heavy atom. The Hall–Kier alpha value is -2.14. The third-order valence-electron chi connectivity index (χ3n) is 3.12. The number of nitrogens with one attached hydrogen (secondary N) is 1. The Morgan fingerprint density at radius 1 is 1.24 bits per heavy atom. The van der Waals surface area contributed by atoms with Gasteiger partial charge in [0.1, 0.15) is 12.0 Å². The van der Waals surface area contributed by atoms with Crippen LogP contribution in [-0.2, 0) is 6.42 Å². The van der Waals surface area contributed by atoms with Crippen molar-refractivity contribution in [2.24, 2.45) is 0 Å². The second kappa shape index (κ2) is 7.59. The molecule has 0 fully saturated rings. The van der Waals surface area contributed by atoms with Crippen molar-refractivity contribution in [1.82, 2.24) is 4.98 Å². The number of aryl methyl sites for hydroxylation is 1. The predicted molar refractivity (Wildman–Crippen MR) is 83.8 cm³/mol. The van der Waals surface area contributed by atoms with Crippen LogP contribution in [0.1, 0.15) is 12.0 Å². The molecule has 0 aliphatic rings. The average molecular weight is 306 g/mol. The number of nitro groups is 1. The number of nitrogens with zero attached hydrogens (tertiary/aromatic N) is 2. The van der Waals surface area contributed by atoms with Gasteiger partial charge in [-0.1, -0.05) is 30.3 Å². The largest absolute Gasteiger partial charge is 0.366 e. The molecule has 0 spiro atoms. The molecule has 5 nitrogen and oxygen atoms in total. The first-order chi connectivity index (χ1) is 10.2. The Balaban J connectivity index is 1.91. The number of rotatable bonds is 7. The van der Waals surface area contributed by atoms with Crippen LogP contribution in [0.3, 0.4) is 0 Å². The summed E-state index contributed by atoms with van der Waals surface area (Å²) in [6.45, 7) is 0. The Labute approximate surface area is 128 Å². The maximum Gasteiger partial charge on any atom is 0.287 e. The zero-order valence-electron chi connectivity index (χ0n) is 11.4. The van der Waals surface area contributed by atoms with Crippen LogP contribution in [0.5, 0.6) is 0 Å². The Morgan fingerprint density at radius 3 is 2.57 bits per heavy atom. The number of anilines is 1.